The van der Waals surface area contributed by atoms with Crippen LogP contribution in [0.2, 0.25) is 0 Å². The van der Waals surface area contributed by atoms with Gasteiger partial charge in [0.1, 0.15) is 5.82 Å². The summed E-state index contributed by atoms with van der Waals surface area (Å²) in [5, 5.41) is 9.10. The number of nitrogens with zero attached hydrogens (tertiary/aromatic N) is 1. The highest BCUT2D eigenvalue weighted by atomic mass is 19.1. The minimum atomic E-state index is -0.442. The highest BCUT2D eigenvalue weighted by molar-refractivity contribution is 6.06. The number of halogens is 1. The molecule has 0 radical (unpaired) electrons. The van der Waals surface area contributed by atoms with Crippen molar-refractivity contribution in [3.05, 3.63) is 59.9 Å². The van der Waals surface area contributed by atoms with Crippen molar-refractivity contribution in [1.29, 1.82) is 0 Å². The number of anilines is 2. The molecule has 0 fully saturated rings. The Bertz CT molecular complexity index is 862. The lowest BCUT2D eigenvalue weighted by Crippen LogP contribution is -2.21. The summed E-state index contributed by atoms with van der Waals surface area (Å²) in [7, 11) is 0. The van der Waals surface area contributed by atoms with Crippen LogP contribution in [0.5, 0.6) is 0 Å². The first-order chi connectivity index (χ1) is 12.8. The van der Waals surface area contributed by atoms with Gasteiger partial charge >= 0.3 is 0 Å². The van der Waals surface area contributed by atoms with E-state index in [-0.39, 0.29) is 18.2 Å². The Balaban J connectivity index is 1.86. The van der Waals surface area contributed by atoms with Crippen LogP contribution < -0.4 is 16.1 Å². The molecule has 0 saturated carbocycles. The highest BCUT2D eigenvalue weighted by Gasteiger charge is 2.08. The zero-order valence-electron chi connectivity index (χ0n) is 14.9. The SMILES string of the molecule is CC(=O)Nc1ccc(C(=O)NN=C(C)CC(=O)Nc2ccc(F)cc2)cc1. The number of hydrogen-bond acceptors (Lipinski definition) is 4. The Labute approximate surface area is 155 Å². The van der Waals surface area contributed by atoms with Crippen LogP contribution in [0.15, 0.2) is 53.6 Å². The van der Waals surface area contributed by atoms with Crippen molar-refractivity contribution in [1.82, 2.24) is 5.43 Å². The molecule has 0 aliphatic heterocycles. The van der Waals surface area contributed by atoms with Crippen LogP contribution in [0.25, 0.3) is 0 Å². The summed E-state index contributed by atoms with van der Waals surface area (Å²) < 4.78 is 12.8. The van der Waals surface area contributed by atoms with Crippen LogP contribution in [0, 0.1) is 5.82 Å². The first kappa shape index (κ1) is 19.8. The third-order valence-electron chi connectivity index (χ3n) is 3.36. The zero-order chi connectivity index (χ0) is 19.8. The number of rotatable bonds is 6. The van der Waals surface area contributed by atoms with Gasteiger partial charge in [0, 0.05) is 29.6 Å². The second-order valence-corrected chi connectivity index (χ2v) is 5.78. The highest BCUT2D eigenvalue weighted by Crippen LogP contribution is 2.10. The summed E-state index contributed by atoms with van der Waals surface area (Å²) in [5.74, 6) is -1.37. The van der Waals surface area contributed by atoms with Gasteiger partial charge in [-0.25, -0.2) is 9.82 Å². The summed E-state index contributed by atoms with van der Waals surface area (Å²) in [5.41, 5.74) is 4.18. The van der Waals surface area contributed by atoms with Gasteiger partial charge in [0.05, 0.1) is 6.42 Å². The van der Waals surface area contributed by atoms with Gasteiger partial charge in [0.15, 0.2) is 0 Å². The Morgan fingerprint density at radius 1 is 0.889 bits per heavy atom. The number of amides is 3. The molecule has 0 aliphatic carbocycles. The van der Waals surface area contributed by atoms with E-state index in [1.54, 1.807) is 31.2 Å². The smallest absolute Gasteiger partial charge is 0.271 e. The summed E-state index contributed by atoms with van der Waals surface area (Å²) in [4.78, 5) is 34.9. The quantitative estimate of drug-likeness (QED) is 0.538. The van der Waals surface area contributed by atoms with Gasteiger partial charge in [0.2, 0.25) is 11.8 Å². The summed E-state index contributed by atoms with van der Waals surface area (Å²) in [6, 6.07) is 11.7. The minimum Gasteiger partial charge on any atom is -0.326 e. The molecule has 2 rings (SSSR count). The maximum Gasteiger partial charge on any atom is 0.271 e. The zero-order valence-corrected chi connectivity index (χ0v) is 14.9. The van der Waals surface area contributed by atoms with E-state index in [9.17, 15) is 18.8 Å². The molecule has 2 aromatic carbocycles. The molecule has 27 heavy (non-hydrogen) atoms. The lowest BCUT2D eigenvalue weighted by atomic mass is 10.2. The van der Waals surface area contributed by atoms with E-state index in [1.807, 2.05) is 0 Å². The summed E-state index contributed by atoms with van der Waals surface area (Å²) >= 11 is 0. The van der Waals surface area contributed by atoms with Crippen LogP contribution in [0.1, 0.15) is 30.6 Å². The van der Waals surface area contributed by atoms with E-state index in [0.717, 1.165) is 0 Å². The van der Waals surface area contributed by atoms with Crippen molar-refractivity contribution in [3.63, 3.8) is 0 Å². The van der Waals surface area contributed by atoms with Crippen molar-refractivity contribution in [2.24, 2.45) is 5.10 Å². The molecule has 0 spiro atoms. The van der Waals surface area contributed by atoms with E-state index >= 15 is 0 Å². The van der Waals surface area contributed by atoms with Crippen LogP contribution in [-0.2, 0) is 9.59 Å². The van der Waals surface area contributed by atoms with E-state index in [0.29, 0.717) is 22.6 Å². The average molecular weight is 370 g/mol. The molecular weight excluding hydrogens is 351 g/mol. The van der Waals surface area contributed by atoms with Gasteiger partial charge < -0.3 is 10.6 Å². The van der Waals surface area contributed by atoms with Gasteiger partial charge in [-0.15, -0.1) is 0 Å². The van der Waals surface area contributed by atoms with Gasteiger partial charge in [-0.3, -0.25) is 14.4 Å². The van der Waals surface area contributed by atoms with Gasteiger partial charge in [0.25, 0.3) is 5.91 Å². The molecule has 3 amide bonds. The number of hydrogen-bond donors (Lipinski definition) is 3. The Morgan fingerprint density at radius 3 is 2.04 bits per heavy atom. The number of nitrogens with one attached hydrogen (secondary N) is 3. The maximum atomic E-state index is 12.8. The largest absolute Gasteiger partial charge is 0.326 e. The average Bonchev–Trinajstić information content (AvgIpc) is 2.61. The minimum absolute atomic E-state index is 0.0286. The Hall–Kier alpha value is -3.55. The lowest BCUT2D eigenvalue weighted by Gasteiger charge is -2.06. The topological polar surface area (TPSA) is 99.7 Å². The fourth-order valence-electron chi connectivity index (χ4n) is 2.13. The first-order valence-corrected chi connectivity index (χ1v) is 8.10. The van der Waals surface area contributed by atoms with Crippen molar-refractivity contribution in [3.8, 4) is 0 Å². The third-order valence-corrected chi connectivity index (χ3v) is 3.36. The number of hydrazone groups is 1. The molecule has 0 aliphatic rings. The van der Waals surface area contributed by atoms with Crippen molar-refractivity contribution >= 4 is 34.8 Å². The summed E-state index contributed by atoms with van der Waals surface area (Å²) in [6.07, 6.45) is -0.0286. The molecule has 0 bridgehead atoms. The molecule has 0 saturated heterocycles. The molecule has 2 aromatic rings. The van der Waals surface area contributed by atoms with E-state index in [4.69, 9.17) is 0 Å². The summed E-state index contributed by atoms with van der Waals surface area (Å²) in [6.45, 7) is 2.99. The van der Waals surface area contributed by atoms with Gasteiger partial charge in [-0.2, -0.15) is 5.10 Å². The molecule has 3 N–H and O–H groups in total. The molecular formula is C19H19FN4O3. The molecule has 0 unspecified atom stereocenters. The van der Waals surface area contributed by atoms with Gasteiger partial charge in [-0.05, 0) is 55.5 Å². The van der Waals surface area contributed by atoms with Crippen LogP contribution in [-0.4, -0.2) is 23.4 Å². The molecule has 8 heteroatoms. The predicted octanol–water partition coefficient (Wildman–Crippen LogP) is 2.92. The first-order valence-electron chi connectivity index (χ1n) is 8.10. The number of carbonyl (C=O) groups is 3. The molecule has 140 valence electrons. The van der Waals surface area contributed by atoms with Crippen LogP contribution in [0.3, 0.4) is 0 Å². The predicted molar refractivity (Wildman–Crippen MR) is 101 cm³/mol. The van der Waals surface area contributed by atoms with E-state index < -0.39 is 11.7 Å². The van der Waals surface area contributed by atoms with Crippen molar-refractivity contribution in [2.75, 3.05) is 10.6 Å². The fraction of sp³-hybridized carbons (Fsp3) is 0.158. The van der Waals surface area contributed by atoms with E-state index in [1.165, 1.54) is 31.2 Å². The lowest BCUT2D eigenvalue weighted by molar-refractivity contribution is -0.115. The fourth-order valence-corrected chi connectivity index (χ4v) is 2.13. The Kier molecular flexibility index (Phi) is 6.76. The van der Waals surface area contributed by atoms with Gasteiger partial charge in [-0.1, -0.05) is 0 Å². The monoisotopic (exact) mass is 370 g/mol. The third kappa shape index (κ3) is 6.69. The normalized spacial score (nSPS) is 10.9. The Morgan fingerprint density at radius 2 is 1.44 bits per heavy atom. The van der Waals surface area contributed by atoms with E-state index in [2.05, 4.69) is 21.2 Å². The second-order valence-electron chi connectivity index (χ2n) is 5.78. The number of carbonyl (C=O) groups excluding carboxylic acids is 3. The second kappa shape index (κ2) is 9.23. The number of benzene rings is 2. The van der Waals surface area contributed by atoms with Crippen LogP contribution in [0.4, 0.5) is 15.8 Å². The maximum absolute atomic E-state index is 12.8. The van der Waals surface area contributed by atoms with Crippen molar-refractivity contribution in [2.45, 2.75) is 20.3 Å². The molecule has 0 aromatic heterocycles. The standard InChI is InChI=1S/C19H19FN4O3/c1-12(11-18(26)22-17-9-5-15(20)6-10-17)23-24-19(27)14-3-7-16(8-4-14)21-13(2)25/h3-10H,11H2,1-2H3,(H,21,25)(H,22,26)(H,24,27). The van der Waals surface area contributed by atoms with Crippen molar-refractivity contribution < 1.29 is 18.8 Å². The molecule has 0 heterocycles. The molecule has 7 nitrogen and oxygen atoms in total. The molecule has 0 atom stereocenters. The van der Waals surface area contributed by atoms with Crippen LogP contribution >= 0.6 is 0 Å².